The molecule has 6 nitrogen and oxygen atoms in total. The molecule has 1 N–H and O–H groups in total. The van der Waals surface area contributed by atoms with Crippen molar-refractivity contribution in [1.29, 1.82) is 0 Å². The van der Waals surface area contributed by atoms with E-state index in [-0.39, 0.29) is 5.91 Å². The van der Waals surface area contributed by atoms with Crippen molar-refractivity contribution in [3.8, 4) is 11.4 Å². The lowest BCUT2D eigenvalue weighted by molar-refractivity contribution is 0.102. The zero-order valence-electron chi connectivity index (χ0n) is 16.9. The molecule has 0 aliphatic carbocycles. The second-order valence-electron chi connectivity index (χ2n) is 7.02. The predicted octanol–water partition coefficient (Wildman–Crippen LogP) is 4.72. The van der Waals surface area contributed by atoms with E-state index in [1.165, 1.54) is 0 Å². The summed E-state index contributed by atoms with van der Waals surface area (Å²) in [5.41, 5.74) is 4.29. The first-order chi connectivity index (χ1) is 14.6. The summed E-state index contributed by atoms with van der Waals surface area (Å²) < 4.78 is 7.70. The molecule has 0 atom stereocenters. The second kappa shape index (κ2) is 8.61. The van der Waals surface area contributed by atoms with Crippen LogP contribution in [0.5, 0.6) is 5.75 Å². The van der Waals surface area contributed by atoms with Gasteiger partial charge in [0.05, 0.1) is 5.69 Å². The number of hydrogen-bond donors (Lipinski definition) is 1. The summed E-state index contributed by atoms with van der Waals surface area (Å²) in [5.74, 6) is 1.07. The van der Waals surface area contributed by atoms with Gasteiger partial charge in [-0.3, -0.25) is 9.78 Å². The molecule has 0 spiro atoms. The summed E-state index contributed by atoms with van der Waals surface area (Å²) in [6.07, 6.45) is 5.33. The van der Waals surface area contributed by atoms with Crippen LogP contribution in [-0.4, -0.2) is 20.7 Å². The van der Waals surface area contributed by atoms with E-state index in [1.807, 2.05) is 74.6 Å². The Hall–Kier alpha value is -3.93. The zero-order valence-corrected chi connectivity index (χ0v) is 16.9. The fourth-order valence-corrected chi connectivity index (χ4v) is 3.25. The molecule has 4 rings (SSSR count). The van der Waals surface area contributed by atoms with Crippen LogP contribution in [0.4, 0.5) is 5.82 Å². The number of nitrogens with one attached hydrogen (secondary N) is 1. The predicted molar refractivity (Wildman–Crippen MR) is 116 cm³/mol. The molecule has 0 saturated heterocycles. The quantitative estimate of drug-likeness (QED) is 0.510. The van der Waals surface area contributed by atoms with E-state index >= 15 is 0 Å². The normalized spacial score (nSPS) is 10.6. The first kappa shape index (κ1) is 19.4. The Morgan fingerprint density at radius 1 is 1.03 bits per heavy atom. The third kappa shape index (κ3) is 4.38. The molecule has 2 aromatic carbocycles. The number of rotatable bonds is 6. The van der Waals surface area contributed by atoms with Gasteiger partial charge in [0.25, 0.3) is 5.91 Å². The number of para-hydroxylation sites is 1. The zero-order chi connectivity index (χ0) is 20.9. The SMILES string of the molecule is Cc1cc(C(=O)Nc2ccn(-c3ccccc3)n2)cc(C)c1OCc1cccnc1. The summed E-state index contributed by atoms with van der Waals surface area (Å²) in [4.78, 5) is 16.8. The maximum atomic E-state index is 12.7. The van der Waals surface area contributed by atoms with Gasteiger partial charge in [0.2, 0.25) is 0 Å². The molecule has 150 valence electrons. The Morgan fingerprint density at radius 2 is 1.80 bits per heavy atom. The highest BCUT2D eigenvalue weighted by atomic mass is 16.5. The number of anilines is 1. The van der Waals surface area contributed by atoms with Crippen LogP contribution in [0, 0.1) is 13.8 Å². The summed E-state index contributed by atoms with van der Waals surface area (Å²) >= 11 is 0. The van der Waals surface area contributed by atoms with Gasteiger partial charge in [0.15, 0.2) is 5.82 Å². The van der Waals surface area contributed by atoms with E-state index < -0.39 is 0 Å². The minimum Gasteiger partial charge on any atom is -0.488 e. The van der Waals surface area contributed by atoms with Crippen LogP contribution in [0.3, 0.4) is 0 Å². The maximum absolute atomic E-state index is 12.7. The van der Waals surface area contributed by atoms with E-state index in [4.69, 9.17) is 4.74 Å². The lowest BCUT2D eigenvalue weighted by Crippen LogP contribution is -2.13. The maximum Gasteiger partial charge on any atom is 0.256 e. The van der Waals surface area contributed by atoms with Crippen molar-refractivity contribution in [3.63, 3.8) is 0 Å². The van der Waals surface area contributed by atoms with E-state index in [2.05, 4.69) is 15.4 Å². The number of pyridine rings is 1. The van der Waals surface area contributed by atoms with Crippen LogP contribution in [0.1, 0.15) is 27.0 Å². The summed E-state index contributed by atoms with van der Waals surface area (Å²) in [6.45, 7) is 4.30. The number of nitrogens with zero attached hydrogens (tertiary/aromatic N) is 3. The molecular formula is C24H22N4O2. The van der Waals surface area contributed by atoms with Gasteiger partial charge in [-0.1, -0.05) is 24.3 Å². The van der Waals surface area contributed by atoms with E-state index in [1.54, 1.807) is 23.1 Å². The minimum atomic E-state index is -0.210. The molecule has 4 aromatic rings. The van der Waals surface area contributed by atoms with Crippen LogP contribution in [-0.2, 0) is 6.61 Å². The third-order valence-corrected chi connectivity index (χ3v) is 4.68. The van der Waals surface area contributed by atoms with Crippen LogP contribution < -0.4 is 10.1 Å². The number of aryl methyl sites for hydroxylation is 2. The molecule has 2 aromatic heterocycles. The van der Waals surface area contributed by atoms with Crippen molar-refractivity contribution in [2.75, 3.05) is 5.32 Å². The van der Waals surface area contributed by atoms with Gasteiger partial charge in [-0.15, -0.1) is 0 Å². The molecule has 1 amide bonds. The Kier molecular flexibility index (Phi) is 5.57. The van der Waals surface area contributed by atoms with E-state index in [0.717, 1.165) is 28.1 Å². The fraction of sp³-hybridized carbons (Fsp3) is 0.125. The van der Waals surface area contributed by atoms with Crippen LogP contribution in [0.25, 0.3) is 5.69 Å². The number of aromatic nitrogens is 3. The standard InChI is InChI=1S/C24H22N4O2/c1-17-13-20(14-18(2)23(17)30-16-19-7-6-11-25-15-19)24(29)26-22-10-12-28(27-22)21-8-4-3-5-9-21/h3-15H,16H2,1-2H3,(H,26,27,29). The van der Waals surface area contributed by atoms with Gasteiger partial charge in [-0.2, -0.15) is 5.10 Å². The molecule has 0 bridgehead atoms. The van der Waals surface area contributed by atoms with Crippen LogP contribution in [0.2, 0.25) is 0 Å². The van der Waals surface area contributed by atoms with Crippen LogP contribution >= 0.6 is 0 Å². The number of carbonyl (C=O) groups is 1. The number of hydrogen-bond acceptors (Lipinski definition) is 4. The van der Waals surface area contributed by atoms with Gasteiger partial charge in [-0.25, -0.2) is 4.68 Å². The largest absolute Gasteiger partial charge is 0.488 e. The summed E-state index contributed by atoms with van der Waals surface area (Å²) in [7, 11) is 0. The van der Waals surface area contributed by atoms with Gasteiger partial charge in [0, 0.05) is 35.8 Å². The molecule has 0 radical (unpaired) electrons. The molecule has 2 heterocycles. The van der Waals surface area contributed by atoms with Crippen molar-refractivity contribution in [1.82, 2.24) is 14.8 Å². The van der Waals surface area contributed by atoms with E-state index in [9.17, 15) is 4.79 Å². The Morgan fingerprint density at radius 3 is 2.50 bits per heavy atom. The highest BCUT2D eigenvalue weighted by Crippen LogP contribution is 2.26. The average molecular weight is 398 g/mol. The molecule has 0 saturated carbocycles. The minimum absolute atomic E-state index is 0.210. The lowest BCUT2D eigenvalue weighted by atomic mass is 10.0. The summed E-state index contributed by atoms with van der Waals surface area (Å²) in [5, 5.41) is 7.29. The van der Waals surface area contributed by atoms with Crippen LogP contribution in [0.15, 0.2) is 79.3 Å². The molecule has 6 heteroatoms. The number of carbonyl (C=O) groups excluding carboxylic acids is 1. The average Bonchev–Trinajstić information content (AvgIpc) is 3.23. The van der Waals surface area contributed by atoms with Gasteiger partial charge in [0.1, 0.15) is 12.4 Å². The Labute approximate surface area is 175 Å². The Balaban J connectivity index is 1.46. The lowest BCUT2D eigenvalue weighted by Gasteiger charge is -2.14. The highest BCUT2D eigenvalue weighted by Gasteiger charge is 2.13. The Bertz CT molecular complexity index is 1130. The van der Waals surface area contributed by atoms with Crippen molar-refractivity contribution in [2.24, 2.45) is 0 Å². The van der Waals surface area contributed by atoms with Crippen molar-refractivity contribution < 1.29 is 9.53 Å². The molecule has 0 aliphatic rings. The monoisotopic (exact) mass is 398 g/mol. The second-order valence-corrected chi connectivity index (χ2v) is 7.02. The first-order valence-corrected chi connectivity index (χ1v) is 9.65. The van der Waals surface area contributed by atoms with Gasteiger partial charge < -0.3 is 10.1 Å². The topological polar surface area (TPSA) is 69.0 Å². The van der Waals surface area contributed by atoms with Gasteiger partial charge >= 0.3 is 0 Å². The van der Waals surface area contributed by atoms with E-state index in [0.29, 0.717) is 18.0 Å². The number of benzene rings is 2. The molecule has 0 fully saturated rings. The fourth-order valence-electron chi connectivity index (χ4n) is 3.25. The third-order valence-electron chi connectivity index (χ3n) is 4.68. The first-order valence-electron chi connectivity index (χ1n) is 9.65. The summed E-state index contributed by atoms with van der Waals surface area (Å²) in [6, 6.07) is 19.0. The highest BCUT2D eigenvalue weighted by molar-refractivity contribution is 6.04. The number of ether oxygens (including phenoxy) is 1. The molecule has 0 unspecified atom stereocenters. The van der Waals surface area contributed by atoms with Crippen molar-refractivity contribution >= 4 is 11.7 Å². The molecular weight excluding hydrogens is 376 g/mol. The number of amides is 1. The van der Waals surface area contributed by atoms with Gasteiger partial charge in [-0.05, 0) is 55.3 Å². The van der Waals surface area contributed by atoms with Crippen molar-refractivity contribution in [3.05, 3.63) is 102 Å². The molecule has 30 heavy (non-hydrogen) atoms. The smallest absolute Gasteiger partial charge is 0.256 e. The molecule has 0 aliphatic heterocycles. The van der Waals surface area contributed by atoms with Crippen molar-refractivity contribution in [2.45, 2.75) is 20.5 Å².